The number of aliphatic hydroxyl groups is 1. The minimum atomic E-state index is 0.0287. The molecule has 14 heavy (non-hydrogen) atoms. The van der Waals surface area contributed by atoms with Gasteiger partial charge in [-0.25, -0.2) is 0 Å². The average Bonchev–Trinajstić information content (AvgIpc) is 2.18. The van der Waals surface area contributed by atoms with Crippen molar-refractivity contribution in [2.24, 2.45) is 5.41 Å². The molecule has 86 valence electrons. The number of hydrogen-bond acceptors (Lipinski definition) is 3. The maximum Gasteiger partial charge on any atom is 0.0593 e. The van der Waals surface area contributed by atoms with Gasteiger partial charge in [-0.05, 0) is 20.4 Å². The molecular weight excluding hydrogens is 178 g/mol. The van der Waals surface area contributed by atoms with Gasteiger partial charge in [-0.1, -0.05) is 13.8 Å². The van der Waals surface area contributed by atoms with Crippen LogP contribution in [0.25, 0.3) is 0 Å². The highest BCUT2D eigenvalue weighted by Crippen LogP contribution is 2.20. The van der Waals surface area contributed by atoms with Crippen molar-refractivity contribution < 1.29 is 9.84 Å². The van der Waals surface area contributed by atoms with Gasteiger partial charge in [0.15, 0.2) is 0 Å². The second-order valence-corrected chi connectivity index (χ2v) is 4.26. The van der Waals surface area contributed by atoms with Crippen molar-refractivity contribution >= 4 is 0 Å². The molecular formula is C11H25NO2. The second kappa shape index (κ2) is 7.21. The summed E-state index contributed by atoms with van der Waals surface area (Å²) in [6.07, 6.45) is 1.00. The molecule has 0 spiro atoms. The van der Waals surface area contributed by atoms with Crippen LogP contribution in [0.3, 0.4) is 0 Å². The molecule has 1 atom stereocenters. The van der Waals surface area contributed by atoms with Crippen molar-refractivity contribution in [3.8, 4) is 0 Å². The van der Waals surface area contributed by atoms with Gasteiger partial charge in [0.25, 0.3) is 0 Å². The fraction of sp³-hybridized carbons (Fsp3) is 1.00. The first-order valence-electron chi connectivity index (χ1n) is 5.45. The Morgan fingerprint density at radius 3 is 2.43 bits per heavy atom. The van der Waals surface area contributed by atoms with E-state index in [1.54, 1.807) is 0 Å². The topological polar surface area (TPSA) is 32.7 Å². The minimum Gasteiger partial charge on any atom is -0.396 e. The van der Waals surface area contributed by atoms with Crippen molar-refractivity contribution in [2.45, 2.75) is 27.2 Å². The number of nitrogens with zero attached hydrogens (tertiary/aromatic N) is 1. The van der Waals surface area contributed by atoms with Crippen LogP contribution in [0, 0.1) is 5.41 Å². The van der Waals surface area contributed by atoms with Gasteiger partial charge < -0.3 is 14.7 Å². The SMILES string of the molecule is CCOCCN(C)CC(C)(CC)CO. The van der Waals surface area contributed by atoms with Crippen LogP contribution in [0.1, 0.15) is 27.2 Å². The molecule has 0 aliphatic rings. The minimum absolute atomic E-state index is 0.0287. The summed E-state index contributed by atoms with van der Waals surface area (Å²) < 4.78 is 5.28. The zero-order valence-corrected chi connectivity index (χ0v) is 10.0. The van der Waals surface area contributed by atoms with Crippen molar-refractivity contribution in [1.82, 2.24) is 4.90 Å². The molecule has 3 heteroatoms. The van der Waals surface area contributed by atoms with Crippen LogP contribution >= 0.6 is 0 Å². The highest BCUT2D eigenvalue weighted by molar-refractivity contribution is 4.74. The number of rotatable bonds is 8. The fourth-order valence-corrected chi connectivity index (χ4v) is 1.37. The molecule has 0 aliphatic carbocycles. The Morgan fingerprint density at radius 2 is 2.00 bits per heavy atom. The van der Waals surface area contributed by atoms with Gasteiger partial charge in [-0.3, -0.25) is 0 Å². The van der Waals surface area contributed by atoms with Crippen molar-refractivity contribution in [2.75, 3.05) is 40.0 Å². The summed E-state index contributed by atoms with van der Waals surface area (Å²) in [5, 5.41) is 9.25. The zero-order chi connectivity index (χ0) is 11.0. The molecule has 0 fully saturated rings. The van der Waals surface area contributed by atoms with Crippen LogP contribution in [0.5, 0.6) is 0 Å². The summed E-state index contributed by atoms with van der Waals surface area (Å²) in [5.41, 5.74) is 0.0287. The summed E-state index contributed by atoms with van der Waals surface area (Å²) in [7, 11) is 2.07. The maximum absolute atomic E-state index is 9.25. The van der Waals surface area contributed by atoms with Crippen molar-refractivity contribution in [3.05, 3.63) is 0 Å². The van der Waals surface area contributed by atoms with Gasteiger partial charge in [0.2, 0.25) is 0 Å². The van der Waals surface area contributed by atoms with Crippen LogP contribution in [0.4, 0.5) is 0 Å². The van der Waals surface area contributed by atoms with E-state index in [1.807, 2.05) is 6.92 Å². The fourth-order valence-electron chi connectivity index (χ4n) is 1.37. The molecule has 0 aliphatic heterocycles. The lowest BCUT2D eigenvalue weighted by atomic mass is 9.88. The van der Waals surface area contributed by atoms with E-state index < -0.39 is 0 Å². The molecule has 3 nitrogen and oxygen atoms in total. The Bertz CT molecular complexity index is 135. The summed E-state index contributed by atoms with van der Waals surface area (Å²) in [6, 6.07) is 0. The van der Waals surface area contributed by atoms with Gasteiger partial charge >= 0.3 is 0 Å². The van der Waals surface area contributed by atoms with Gasteiger partial charge in [0.1, 0.15) is 0 Å². The lowest BCUT2D eigenvalue weighted by Gasteiger charge is -2.31. The molecule has 0 rings (SSSR count). The smallest absolute Gasteiger partial charge is 0.0593 e. The number of aliphatic hydroxyl groups excluding tert-OH is 1. The second-order valence-electron chi connectivity index (χ2n) is 4.26. The lowest BCUT2D eigenvalue weighted by Crippen LogP contribution is -2.37. The van der Waals surface area contributed by atoms with Crippen molar-refractivity contribution in [3.63, 3.8) is 0 Å². The first-order chi connectivity index (χ1) is 6.58. The summed E-state index contributed by atoms with van der Waals surface area (Å²) in [5.74, 6) is 0. The summed E-state index contributed by atoms with van der Waals surface area (Å²) in [6.45, 7) is 9.90. The van der Waals surface area contributed by atoms with E-state index in [0.717, 1.165) is 32.7 Å². The predicted molar refractivity (Wildman–Crippen MR) is 59.5 cm³/mol. The molecule has 0 amide bonds. The third-order valence-corrected chi connectivity index (χ3v) is 2.71. The van der Waals surface area contributed by atoms with Crippen LogP contribution in [-0.4, -0.2) is 50.0 Å². The van der Waals surface area contributed by atoms with E-state index >= 15 is 0 Å². The average molecular weight is 203 g/mol. The maximum atomic E-state index is 9.25. The monoisotopic (exact) mass is 203 g/mol. The molecule has 0 saturated carbocycles. The number of ether oxygens (including phenoxy) is 1. The van der Waals surface area contributed by atoms with E-state index in [4.69, 9.17) is 4.74 Å². The molecule has 0 aromatic carbocycles. The Labute approximate surface area is 88.1 Å². The van der Waals surface area contributed by atoms with E-state index in [0.29, 0.717) is 0 Å². The number of likely N-dealkylation sites (N-methyl/N-ethyl adjacent to an activating group) is 1. The molecule has 0 radical (unpaired) electrons. The van der Waals surface area contributed by atoms with E-state index in [1.165, 1.54) is 0 Å². The molecule has 0 heterocycles. The highest BCUT2D eigenvalue weighted by atomic mass is 16.5. The summed E-state index contributed by atoms with van der Waals surface area (Å²) >= 11 is 0. The molecule has 1 N–H and O–H groups in total. The zero-order valence-electron chi connectivity index (χ0n) is 10.0. The Kier molecular flexibility index (Phi) is 7.15. The quantitative estimate of drug-likeness (QED) is 0.605. The third kappa shape index (κ3) is 5.58. The van der Waals surface area contributed by atoms with Crippen LogP contribution in [-0.2, 0) is 4.74 Å². The van der Waals surface area contributed by atoms with E-state index in [9.17, 15) is 5.11 Å². The van der Waals surface area contributed by atoms with Gasteiger partial charge in [-0.15, -0.1) is 0 Å². The van der Waals surface area contributed by atoms with Crippen molar-refractivity contribution in [1.29, 1.82) is 0 Å². The molecule has 1 unspecified atom stereocenters. The molecule has 0 aromatic heterocycles. The largest absolute Gasteiger partial charge is 0.396 e. The lowest BCUT2D eigenvalue weighted by molar-refractivity contribution is 0.0719. The Hall–Kier alpha value is -0.120. The Balaban J connectivity index is 3.73. The standard InChI is InChI=1S/C11H25NO2/c1-5-11(3,10-13)9-12(4)7-8-14-6-2/h13H,5-10H2,1-4H3. The van der Waals surface area contributed by atoms with Gasteiger partial charge in [0, 0.05) is 31.7 Å². The van der Waals surface area contributed by atoms with E-state index in [-0.39, 0.29) is 12.0 Å². The third-order valence-electron chi connectivity index (χ3n) is 2.71. The number of hydrogen-bond donors (Lipinski definition) is 1. The van der Waals surface area contributed by atoms with E-state index in [2.05, 4.69) is 25.8 Å². The Morgan fingerprint density at radius 1 is 1.36 bits per heavy atom. The first kappa shape index (κ1) is 13.9. The van der Waals surface area contributed by atoms with Gasteiger partial charge in [-0.2, -0.15) is 0 Å². The molecule has 0 aromatic rings. The van der Waals surface area contributed by atoms with Crippen LogP contribution < -0.4 is 0 Å². The molecule has 0 bridgehead atoms. The highest BCUT2D eigenvalue weighted by Gasteiger charge is 2.22. The summed E-state index contributed by atoms with van der Waals surface area (Å²) in [4.78, 5) is 2.22. The van der Waals surface area contributed by atoms with Crippen LogP contribution in [0.2, 0.25) is 0 Å². The molecule has 0 saturated heterocycles. The first-order valence-corrected chi connectivity index (χ1v) is 5.45. The predicted octanol–water partition coefficient (Wildman–Crippen LogP) is 1.36. The normalized spacial score (nSPS) is 15.9. The van der Waals surface area contributed by atoms with Gasteiger partial charge in [0.05, 0.1) is 6.61 Å². The van der Waals surface area contributed by atoms with Crippen LogP contribution in [0.15, 0.2) is 0 Å².